The molecule has 1 aliphatic rings. The molecule has 7 heteroatoms. The molecule has 4 rings (SSSR count). The van der Waals surface area contributed by atoms with Crippen molar-refractivity contribution in [1.29, 1.82) is 0 Å². The highest BCUT2D eigenvalue weighted by atomic mass is 16.3. The number of furan rings is 1. The van der Waals surface area contributed by atoms with E-state index in [2.05, 4.69) is 22.7 Å². The van der Waals surface area contributed by atoms with Gasteiger partial charge in [0.25, 0.3) is 11.8 Å². The van der Waals surface area contributed by atoms with Gasteiger partial charge in [-0.05, 0) is 61.0 Å². The Bertz CT molecular complexity index is 1050. The summed E-state index contributed by atoms with van der Waals surface area (Å²) in [5.74, 6) is -0.326. The highest BCUT2D eigenvalue weighted by Crippen LogP contribution is 2.27. The SMILES string of the molecule is Cc1ccc(NC(=O)c2ccoc2)cc1-c1ccc(C(=O)NN2CCN(C)CC2)cc1. The van der Waals surface area contributed by atoms with Gasteiger partial charge in [-0.15, -0.1) is 0 Å². The van der Waals surface area contributed by atoms with Crippen LogP contribution in [0.15, 0.2) is 65.5 Å². The maximum Gasteiger partial charge on any atom is 0.265 e. The number of piperazine rings is 1. The first-order chi connectivity index (χ1) is 15.0. The quantitative estimate of drug-likeness (QED) is 0.664. The summed E-state index contributed by atoms with van der Waals surface area (Å²) in [6.45, 7) is 5.52. The summed E-state index contributed by atoms with van der Waals surface area (Å²) < 4.78 is 4.97. The van der Waals surface area contributed by atoms with Gasteiger partial charge in [0.1, 0.15) is 6.26 Å². The van der Waals surface area contributed by atoms with E-state index in [1.807, 2.05) is 54.4 Å². The number of hydrogen-bond acceptors (Lipinski definition) is 5. The van der Waals surface area contributed by atoms with Gasteiger partial charge in [0.05, 0.1) is 11.8 Å². The summed E-state index contributed by atoms with van der Waals surface area (Å²) in [6.07, 6.45) is 2.88. The first-order valence-electron chi connectivity index (χ1n) is 10.3. The van der Waals surface area contributed by atoms with Crippen molar-refractivity contribution in [3.63, 3.8) is 0 Å². The number of hydrogen-bond donors (Lipinski definition) is 2. The van der Waals surface area contributed by atoms with Gasteiger partial charge < -0.3 is 14.6 Å². The lowest BCUT2D eigenvalue weighted by Gasteiger charge is -2.32. The number of nitrogens with one attached hydrogen (secondary N) is 2. The molecule has 2 heterocycles. The molecule has 0 saturated carbocycles. The van der Waals surface area contributed by atoms with E-state index in [4.69, 9.17) is 4.42 Å². The van der Waals surface area contributed by atoms with E-state index in [1.54, 1.807) is 6.07 Å². The third kappa shape index (κ3) is 5.02. The van der Waals surface area contributed by atoms with Crippen molar-refractivity contribution in [2.45, 2.75) is 6.92 Å². The summed E-state index contributed by atoms with van der Waals surface area (Å²) in [6, 6.07) is 14.9. The van der Waals surface area contributed by atoms with Crippen LogP contribution >= 0.6 is 0 Å². The Kier molecular flexibility index (Phi) is 6.16. The number of anilines is 1. The molecule has 0 radical (unpaired) electrons. The fourth-order valence-electron chi connectivity index (χ4n) is 3.54. The van der Waals surface area contributed by atoms with Crippen LogP contribution in [0.2, 0.25) is 0 Å². The molecule has 1 aliphatic heterocycles. The monoisotopic (exact) mass is 418 g/mol. The van der Waals surface area contributed by atoms with E-state index in [0.717, 1.165) is 42.9 Å². The predicted molar refractivity (Wildman–Crippen MR) is 120 cm³/mol. The summed E-state index contributed by atoms with van der Waals surface area (Å²) in [5, 5.41) is 4.85. The minimum absolute atomic E-state index is 0.103. The van der Waals surface area contributed by atoms with E-state index >= 15 is 0 Å². The third-order valence-electron chi connectivity index (χ3n) is 5.50. The molecule has 31 heavy (non-hydrogen) atoms. The second kappa shape index (κ2) is 9.16. The number of nitrogens with zero attached hydrogens (tertiary/aromatic N) is 2. The van der Waals surface area contributed by atoms with Crippen molar-refractivity contribution in [2.75, 3.05) is 38.5 Å². The maximum absolute atomic E-state index is 12.6. The molecular weight excluding hydrogens is 392 g/mol. The minimum Gasteiger partial charge on any atom is -0.472 e. The van der Waals surface area contributed by atoms with Crippen LogP contribution in [0.1, 0.15) is 26.3 Å². The zero-order valence-corrected chi connectivity index (χ0v) is 17.7. The Hall–Kier alpha value is -3.42. The van der Waals surface area contributed by atoms with Gasteiger partial charge in [-0.2, -0.15) is 0 Å². The van der Waals surface area contributed by atoms with Gasteiger partial charge in [0.2, 0.25) is 0 Å². The Morgan fingerprint density at radius 3 is 2.32 bits per heavy atom. The zero-order valence-electron chi connectivity index (χ0n) is 17.7. The predicted octanol–water partition coefficient (Wildman–Crippen LogP) is 3.40. The van der Waals surface area contributed by atoms with Crippen LogP contribution in [0.3, 0.4) is 0 Å². The largest absolute Gasteiger partial charge is 0.472 e. The van der Waals surface area contributed by atoms with Crippen LogP contribution in [0.25, 0.3) is 11.1 Å². The fourth-order valence-corrected chi connectivity index (χ4v) is 3.54. The lowest BCUT2D eigenvalue weighted by molar-refractivity contribution is 0.0662. The molecule has 1 aromatic heterocycles. The number of benzene rings is 2. The minimum atomic E-state index is -0.223. The van der Waals surface area contributed by atoms with Gasteiger partial charge in [0.15, 0.2) is 0 Å². The van der Waals surface area contributed by atoms with E-state index in [1.165, 1.54) is 12.5 Å². The van der Waals surface area contributed by atoms with Gasteiger partial charge in [-0.1, -0.05) is 18.2 Å². The highest BCUT2D eigenvalue weighted by molar-refractivity contribution is 6.04. The summed E-state index contributed by atoms with van der Waals surface area (Å²) in [7, 11) is 2.08. The van der Waals surface area contributed by atoms with Crippen molar-refractivity contribution in [3.8, 4) is 11.1 Å². The van der Waals surface area contributed by atoms with Crippen LogP contribution in [-0.2, 0) is 0 Å². The fraction of sp³-hybridized carbons (Fsp3) is 0.250. The average Bonchev–Trinajstić information content (AvgIpc) is 3.32. The smallest absolute Gasteiger partial charge is 0.265 e. The summed E-state index contributed by atoms with van der Waals surface area (Å²) >= 11 is 0. The molecule has 2 amide bonds. The first kappa shape index (κ1) is 20.8. The number of hydrazine groups is 1. The number of carbonyl (C=O) groups is 2. The second-order valence-electron chi connectivity index (χ2n) is 7.80. The highest BCUT2D eigenvalue weighted by Gasteiger charge is 2.17. The molecule has 7 nitrogen and oxygen atoms in total. The number of rotatable bonds is 5. The number of amides is 2. The van der Waals surface area contributed by atoms with Crippen molar-refractivity contribution in [1.82, 2.24) is 15.3 Å². The first-order valence-corrected chi connectivity index (χ1v) is 10.3. The van der Waals surface area contributed by atoms with Crippen LogP contribution in [0.5, 0.6) is 0 Å². The van der Waals surface area contributed by atoms with Crippen LogP contribution in [0, 0.1) is 6.92 Å². The Balaban J connectivity index is 1.45. The average molecular weight is 418 g/mol. The van der Waals surface area contributed by atoms with Crippen molar-refractivity contribution in [2.24, 2.45) is 0 Å². The van der Waals surface area contributed by atoms with Crippen LogP contribution < -0.4 is 10.7 Å². The lowest BCUT2D eigenvalue weighted by Crippen LogP contribution is -2.52. The summed E-state index contributed by atoms with van der Waals surface area (Å²) in [4.78, 5) is 27.1. The molecule has 0 spiro atoms. The Morgan fingerprint density at radius 1 is 0.903 bits per heavy atom. The molecule has 0 bridgehead atoms. The van der Waals surface area contributed by atoms with Crippen LogP contribution in [-0.4, -0.2) is 54.9 Å². The molecule has 2 aromatic carbocycles. The Labute approximate surface area is 181 Å². The molecule has 0 atom stereocenters. The number of likely N-dealkylation sites (N-methyl/N-ethyl adjacent to an activating group) is 1. The zero-order chi connectivity index (χ0) is 21.8. The normalized spacial score (nSPS) is 14.9. The topological polar surface area (TPSA) is 77.8 Å². The van der Waals surface area contributed by atoms with Gasteiger partial charge in [0, 0.05) is 37.4 Å². The molecular formula is C24H26N4O3. The number of carbonyl (C=O) groups excluding carboxylic acids is 2. The lowest BCUT2D eigenvalue weighted by atomic mass is 9.98. The van der Waals surface area contributed by atoms with Gasteiger partial charge >= 0.3 is 0 Å². The summed E-state index contributed by atoms with van der Waals surface area (Å²) in [5.41, 5.74) is 7.82. The van der Waals surface area contributed by atoms with E-state index < -0.39 is 0 Å². The molecule has 0 unspecified atom stereocenters. The van der Waals surface area contributed by atoms with Gasteiger partial charge in [-0.3, -0.25) is 15.0 Å². The molecule has 1 saturated heterocycles. The second-order valence-corrected chi connectivity index (χ2v) is 7.80. The third-order valence-corrected chi connectivity index (χ3v) is 5.50. The van der Waals surface area contributed by atoms with E-state index in [0.29, 0.717) is 16.8 Å². The van der Waals surface area contributed by atoms with Crippen molar-refractivity contribution in [3.05, 3.63) is 77.7 Å². The molecule has 0 aliphatic carbocycles. The number of aryl methyl sites for hydroxylation is 1. The Morgan fingerprint density at radius 2 is 1.65 bits per heavy atom. The maximum atomic E-state index is 12.6. The van der Waals surface area contributed by atoms with E-state index in [9.17, 15) is 9.59 Å². The molecule has 1 fully saturated rings. The van der Waals surface area contributed by atoms with Crippen LogP contribution in [0.4, 0.5) is 5.69 Å². The van der Waals surface area contributed by atoms with Crippen molar-refractivity contribution < 1.29 is 14.0 Å². The molecule has 160 valence electrons. The molecule has 2 N–H and O–H groups in total. The van der Waals surface area contributed by atoms with Crippen molar-refractivity contribution >= 4 is 17.5 Å². The van der Waals surface area contributed by atoms with E-state index in [-0.39, 0.29) is 11.8 Å². The van der Waals surface area contributed by atoms with Gasteiger partial charge in [-0.25, -0.2) is 5.01 Å². The standard InChI is InChI=1S/C24H26N4O3/c1-17-3-8-21(25-23(29)20-9-14-31-16-20)15-22(17)18-4-6-19(7-5-18)24(30)26-28-12-10-27(2)11-13-28/h3-9,14-16H,10-13H2,1-2H3,(H,25,29)(H,26,30). The molecule has 3 aromatic rings.